The zero-order chi connectivity index (χ0) is 13.8. The molecule has 1 aromatic heterocycles. The van der Waals surface area contributed by atoms with Crippen molar-refractivity contribution in [2.75, 3.05) is 24.3 Å². The molecule has 0 spiro atoms. The van der Waals surface area contributed by atoms with Crippen molar-refractivity contribution >= 4 is 29.0 Å². The molecule has 1 N–H and O–H groups in total. The first kappa shape index (κ1) is 13.4. The number of hydrogen-bond donors (Lipinski definition) is 1. The molecule has 0 saturated carbocycles. The van der Waals surface area contributed by atoms with Crippen molar-refractivity contribution in [2.45, 2.75) is 0 Å². The van der Waals surface area contributed by atoms with Crippen molar-refractivity contribution in [1.82, 2.24) is 4.98 Å². The minimum absolute atomic E-state index is 0.244. The lowest BCUT2D eigenvalue weighted by atomic mass is 10.3. The Balaban J connectivity index is 2.15. The Morgan fingerprint density at radius 1 is 1.16 bits per heavy atom. The van der Waals surface area contributed by atoms with E-state index in [2.05, 4.69) is 10.3 Å². The van der Waals surface area contributed by atoms with Crippen molar-refractivity contribution in [3.8, 4) is 0 Å². The molecule has 0 bridgehead atoms. The number of hydrogen-bond acceptors (Lipinski definition) is 3. The summed E-state index contributed by atoms with van der Waals surface area (Å²) in [5.74, 6) is 0.495. The second-order valence-corrected chi connectivity index (χ2v) is 4.67. The highest BCUT2D eigenvalue weighted by Crippen LogP contribution is 2.15. The predicted octanol–water partition coefficient (Wildman–Crippen LogP) is 3.05. The lowest BCUT2D eigenvalue weighted by molar-refractivity contribution is 0.102. The van der Waals surface area contributed by atoms with Crippen LogP contribution in [0.3, 0.4) is 0 Å². The summed E-state index contributed by atoms with van der Waals surface area (Å²) in [6.07, 6.45) is 0. The van der Waals surface area contributed by atoms with Crippen LogP contribution in [0.15, 0.2) is 42.5 Å². The Kier molecular flexibility index (Phi) is 4.02. The molecule has 0 aliphatic rings. The van der Waals surface area contributed by atoms with Gasteiger partial charge in [0.15, 0.2) is 0 Å². The average molecular weight is 276 g/mol. The van der Waals surface area contributed by atoms with Crippen molar-refractivity contribution in [1.29, 1.82) is 0 Å². The van der Waals surface area contributed by atoms with Gasteiger partial charge in [0.1, 0.15) is 11.5 Å². The highest BCUT2D eigenvalue weighted by atomic mass is 35.5. The number of pyridine rings is 1. The molecule has 0 aliphatic heterocycles. The predicted molar refractivity (Wildman–Crippen MR) is 78.0 cm³/mol. The molecule has 0 unspecified atom stereocenters. The Hall–Kier alpha value is -2.07. The zero-order valence-corrected chi connectivity index (χ0v) is 11.5. The lowest BCUT2D eigenvalue weighted by Gasteiger charge is -2.12. The van der Waals surface area contributed by atoms with Crippen LogP contribution in [0.4, 0.5) is 11.5 Å². The fraction of sp³-hybridized carbons (Fsp3) is 0.143. The summed E-state index contributed by atoms with van der Waals surface area (Å²) in [6.45, 7) is 0. The van der Waals surface area contributed by atoms with Gasteiger partial charge in [0.05, 0.1) is 0 Å². The number of rotatable bonds is 3. The molecule has 0 fully saturated rings. The number of nitrogens with one attached hydrogen (secondary N) is 1. The van der Waals surface area contributed by atoms with Gasteiger partial charge in [-0.3, -0.25) is 4.79 Å². The maximum Gasteiger partial charge on any atom is 0.274 e. The second kappa shape index (κ2) is 5.71. The maximum atomic E-state index is 12.0. The molecule has 98 valence electrons. The molecule has 0 radical (unpaired) electrons. The van der Waals surface area contributed by atoms with Gasteiger partial charge in [0.25, 0.3) is 5.91 Å². The topological polar surface area (TPSA) is 45.2 Å². The van der Waals surface area contributed by atoms with Crippen LogP contribution in [0.1, 0.15) is 10.5 Å². The Bertz CT molecular complexity index is 581. The summed E-state index contributed by atoms with van der Waals surface area (Å²) >= 11 is 5.79. The van der Waals surface area contributed by atoms with Gasteiger partial charge in [-0.2, -0.15) is 0 Å². The summed E-state index contributed by atoms with van der Waals surface area (Å²) in [5, 5.41) is 3.40. The second-order valence-electron chi connectivity index (χ2n) is 4.24. The molecule has 1 heterocycles. The Morgan fingerprint density at radius 2 is 1.84 bits per heavy atom. The van der Waals surface area contributed by atoms with E-state index < -0.39 is 0 Å². The number of amides is 1. The number of benzene rings is 1. The molecule has 1 aromatic carbocycles. The Labute approximate surface area is 117 Å². The minimum Gasteiger partial charge on any atom is -0.363 e. The third kappa shape index (κ3) is 3.45. The highest BCUT2D eigenvalue weighted by molar-refractivity contribution is 6.30. The highest BCUT2D eigenvalue weighted by Gasteiger charge is 2.09. The third-order valence-electron chi connectivity index (χ3n) is 2.53. The van der Waals surface area contributed by atoms with Crippen LogP contribution < -0.4 is 10.2 Å². The van der Waals surface area contributed by atoms with Crippen LogP contribution in [0, 0.1) is 0 Å². The molecule has 0 atom stereocenters. The SMILES string of the molecule is CN(C)c1cccc(C(=O)Nc2ccc(Cl)cc2)n1. The van der Waals surface area contributed by atoms with Gasteiger partial charge >= 0.3 is 0 Å². The number of nitrogens with zero attached hydrogens (tertiary/aromatic N) is 2. The third-order valence-corrected chi connectivity index (χ3v) is 2.78. The zero-order valence-electron chi connectivity index (χ0n) is 10.7. The van der Waals surface area contributed by atoms with Crippen molar-refractivity contribution in [3.05, 3.63) is 53.2 Å². The number of halogens is 1. The van der Waals surface area contributed by atoms with E-state index in [4.69, 9.17) is 11.6 Å². The quantitative estimate of drug-likeness (QED) is 0.936. The molecule has 1 amide bonds. The minimum atomic E-state index is -0.244. The molecule has 2 rings (SSSR count). The monoisotopic (exact) mass is 275 g/mol. The standard InChI is InChI=1S/C14H14ClN3O/c1-18(2)13-5-3-4-12(17-13)14(19)16-11-8-6-10(15)7-9-11/h3-9H,1-2H3,(H,16,19). The largest absolute Gasteiger partial charge is 0.363 e. The number of carbonyl (C=O) groups is 1. The van der Waals surface area contributed by atoms with E-state index in [9.17, 15) is 4.79 Å². The molecular weight excluding hydrogens is 262 g/mol. The van der Waals surface area contributed by atoms with E-state index in [1.807, 2.05) is 25.1 Å². The number of carbonyl (C=O) groups excluding carboxylic acids is 1. The van der Waals surface area contributed by atoms with Gasteiger partial charge in [0.2, 0.25) is 0 Å². The van der Waals surface area contributed by atoms with E-state index in [-0.39, 0.29) is 5.91 Å². The number of aromatic nitrogens is 1. The van der Waals surface area contributed by atoms with Crippen LogP contribution >= 0.6 is 11.6 Å². The van der Waals surface area contributed by atoms with Crippen molar-refractivity contribution in [2.24, 2.45) is 0 Å². The van der Waals surface area contributed by atoms with Gasteiger partial charge in [-0.15, -0.1) is 0 Å². The van der Waals surface area contributed by atoms with E-state index >= 15 is 0 Å². The summed E-state index contributed by atoms with van der Waals surface area (Å²) in [5.41, 5.74) is 1.06. The first-order chi connectivity index (χ1) is 9.06. The molecule has 0 saturated heterocycles. The smallest absolute Gasteiger partial charge is 0.274 e. The number of anilines is 2. The molecule has 4 nitrogen and oxygen atoms in total. The van der Waals surface area contributed by atoms with Gasteiger partial charge in [-0.1, -0.05) is 17.7 Å². The maximum absolute atomic E-state index is 12.0. The van der Waals surface area contributed by atoms with Crippen molar-refractivity contribution in [3.63, 3.8) is 0 Å². The summed E-state index contributed by atoms with van der Waals surface area (Å²) in [7, 11) is 3.76. The Morgan fingerprint density at radius 3 is 2.47 bits per heavy atom. The van der Waals surface area contributed by atoms with Gasteiger partial charge in [0, 0.05) is 24.8 Å². The molecule has 19 heavy (non-hydrogen) atoms. The van der Waals surface area contributed by atoms with Crippen molar-refractivity contribution < 1.29 is 4.79 Å². The molecule has 2 aromatic rings. The van der Waals surface area contributed by atoms with Gasteiger partial charge < -0.3 is 10.2 Å². The van der Waals surface area contributed by atoms with E-state index in [1.54, 1.807) is 36.4 Å². The lowest BCUT2D eigenvalue weighted by Crippen LogP contribution is -2.16. The molecule has 5 heteroatoms. The van der Waals surface area contributed by atoms with Gasteiger partial charge in [-0.05, 0) is 36.4 Å². The molecule has 0 aliphatic carbocycles. The van der Waals surface area contributed by atoms with E-state index in [0.717, 1.165) is 5.82 Å². The normalized spacial score (nSPS) is 10.1. The molecular formula is C14H14ClN3O. The summed E-state index contributed by atoms with van der Waals surface area (Å²) < 4.78 is 0. The van der Waals surface area contributed by atoms with Crippen LogP contribution in [-0.4, -0.2) is 25.0 Å². The van der Waals surface area contributed by atoms with E-state index in [1.165, 1.54) is 0 Å². The average Bonchev–Trinajstić information content (AvgIpc) is 2.41. The van der Waals surface area contributed by atoms with E-state index in [0.29, 0.717) is 16.4 Å². The first-order valence-corrected chi connectivity index (χ1v) is 6.15. The van der Waals surface area contributed by atoms with Crippen LogP contribution in [-0.2, 0) is 0 Å². The van der Waals surface area contributed by atoms with Crippen LogP contribution in [0.25, 0.3) is 0 Å². The first-order valence-electron chi connectivity index (χ1n) is 5.77. The van der Waals surface area contributed by atoms with Gasteiger partial charge in [-0.25, -0.2) is 4.98 Å². The fourth-order valence-electron chi connectivity index (χ4n) is 1.53. The fourth-order valence-corrected chi connectivity index (χ4v) is 1.65. The van der Waals surface area contributed by atoms with Crippen LogP contribution in [0.2, 0.25) is 5.02 Å². The summed E-state index contributed by atoms with van der Waals surface area (Å²) in [4.78, 5) is 18.2. The van der Waals surface area contributed by atoms with Crippen LogP contribution in [0.5, 0.6) is 0 Å². The summed E-state index contributed by atoms with van der Waals surface area (Å²) in [6, 6.07) is 12.3.